The van der Waals surface area contributed by atoms with Gasteiger partial charge in [-0.2, -0.15) is 4.98 Å². The van der Waals surface area contributed by atoms with Gasteiger partial charge in [0.1, 0.15) is 10.5 Å². The zero-order chi connectivity index (χ0) is 26.8. The monoisotopic (exact) mass is 553 g/mol. The zero-order valence-corrected chi connectivity index (χ0v) is 22.7. The summed E-state index contributed by atoms with van der Waals surface area (Å²) in [6, 6.07) is 3.77. The molecule has 0 unspecified atom stereocenters. The quantitative estimate of drug-likeness (QED) is 0.333. The molecule has 4 aromatic rings. The molecule has 0 saturated heterocycles. The van der Waals surface area contributed by atoms with Crippen molar-refractivity contribution in [1.29, 1.82) is 0 Å². The van der Waals surface area contributed by atoms with Crippen molar-refractivity contribution in [2.45, 2.75) is 52.4 Å². The van der Waals surface area contributed by atoms with E-state index in [0.717, 1.165) is 15.8 Å². The number of nitrogens with one attached hydrogen (secondary N) is 2. The SMILES string of the molecule is C[C@@H]1CNc2c(sc3ccc4nc(Oc5nc(Cl)nc6c5CN(C(=O)OC(C)(C)C)C6)cnc4c23)C(=O)N1. The number of ether oxygens (including phenoxy) is 2. The molecule has 5 heterocycles. The van der Waals surface area contributed by atoms with Crippen molar-refractivity contribution in [3.63, 3.8) is 0 Å². The number of hydrogen-bond donors (Lipinski definition) is 2. The molecule has 2 N–H and O–H groups in total. The molecular weight excluding hydrogens is 530 g/mol. The highest BCUT2D eigenvalue weighted by Gasteiger charge is 2.32. The summed E-state index contributed by atoms with van der Waals surface area (Å²) in [4.78, 5) is 45.2. The minimum Gasteiger partial charge on any atom is -0.444 e. The van der Waals surface area contributed by atoms with E-state index < -0.39 is 11.7 Å². The highest BCUT2D eigenvalue weighted by atomic mass is 35.5. The zero-order valence-electron chi connectivity index (χ0n) is 21.1. The smallest absolute Gasteiger partial charge is 0.410 e. The van der Waals surface area contributed by atoms with E-state index in [1.165, 1.54) is 22.4 Å². The van der Waals surface area contributed by atoms with E-state index in [4.69, 9.17) is 21.1 Å². The highest BCUT2D eigenvalue weighted by Crippen LogP contribution is 2.41. The standard InChI is InChI=1S/C25H24ClN7O4S/c1-11-7-27-19-17-15(38-20(19)21(34)29-11)6-5-13-18(17)28-8-16(30-13)36-22-12-9-33(24(35)37-25(2,3)4)10-14(12)31-23(26)32-22/h5-6,8,11,27H,7,9-10H2,1-4H3,(H,29,34)/t11-/m1/s1. The van der Waals surface area contributed by atoms with Gasteiger partial charge in [0.2, 0.25) is 17.0 Å². The van der Waals surface area contributed by atoms with E-state index in [1.54, 1.807) is 0 Å². The number of benzene rings is 1. The summed E-state index contributed by atoms with van der Waals surface area (Å²) >= 11 is 7.59. The third-order valence-corrected chi connectivity index (χ3v) is 7.40. The van der Waals surface area contributed by atoms with Crippen molar-refractivity contribution in [2.24, 2.45) is 0 Å². The lowest BCUT2D eigenvalue weighted by Gasteiger charge is -2.23. The molecule has 0 spiro atoms. The average Bonchev–Trinajstić information content (AvgIpc) is 3.40. The van der Waals surface area contributed by atoms with Crippen molar-refractivity contribution >= 4 is 61.7 Å². The predicted octanol–water partition coefficient (Wildman–Crippen LogP) is 4.87. The molecule has 1 atom stereocenters. The molecule has 3 aromatic heterocycles. The van der Waals surface area contributed by atoms with Gasteiger partial charge in [-0.3, -0.25) is 9.69 Å². The Labute approximate surface area is 226 Å². The van der Waals surface area contributed by atoms with Crippen LogP contribution < -0.4 is 15.4 Å². The van der Waals surface area contributed by atoms with Gasteiger partial charge in [-0.05, 0) is 51.4 Å². The molecular formula is C25H24ClN7O4S. The second kappa shape index (κ2) is 8.91. The molecule has 2 amide bonds. The molecule has 1 aromatic carbocycles. The molecule has 0 fully saturated rings. The van der Waals surface area contributed by atoms with Gasteiger partial charge in [0.15, 0.2) is 0 Å². The first kappa shape index (κ1) is 24.6. The Hall–Kier alpha value is -3.77. The van der Waals surface area contributed by atoms with Crippen LogP contribution in [0, 0.1) is 0 Å². The topological polar surface area (TPSA) is 131 Å². The maximum absolute atomic E-state index is 12.7. The Bertz CT molecular complexity index is 1630. The Kier molecular flexibility index (Phi) is 5.76. The van der Waals surface area contributed by atoms with Crippen LogP contribution in [0.5, 0.6) is 11.8 Å². The number of aromatic nitrogens is 4. The normalized spacial score (nSPS) is 17.0. The number of fused-ring (bicyclic) bond motifs is 6. The fraction of sp³-hybridized carbons (Fsp3) is 0.360. The van der Waals surface area contributed by atoms with E-state index in [9.17, 15) is 9.59 Å². The number of carbonyl (C=O) groups excluding carboxylic acids is 2. The van der Waals surface area contributed by atoms with E-state index in [2.05, 4.69) is 30.6 Å². The molecule has 6 rings (SSSR count). The number of anilines is 1. The maximum Gasteiger partial charge on any atom is 0.410 e. The Balaban J connectivity index is 1.33. The van der Waals surface area contributed by atoms with Crippen LogP contribution in [0.15, 0.2) is 18.3 Å². The lowest BCUT2D eigenvalue weighted by molar-refractivity contribution is 0.0240. The van der Waals surface area contributed by atoms with Crippen molar-refractivity contribution < 1.29 is 19.1 Å². The number of nitrogens with zero attached hydrogens (tertiary/aromatic N) is 5. The molecule has 38 heavy (non-hydrogen) atoms. The van der Waals surface area contributed by atoms with Crippen LogP contribution in [0.1, 0.15) is 48.6 Å². The van der Waals surface area contributed by atoms with Crippen LogP contribution in [-0.4, -0.2) is 55.0 Å². The van der Waals surface area contributed by atoms with E-state index in [0.29, 0.717) is 33.7 Å². The summed E-state index contributed by atoms with van der Waals surface area (Å²) < 4.78 is 12.5. The van der Waals surface area contributed by atoms with Gasteiger partial charge in [-0.1, -0.05) is 0 Å². The van der Waals surface area contributed by atoms with Gasteiger partial charge in [0, 0.05) is 22.7 Å². The Morgan fingerprint density at radius 3 is 2.82 bits per heavy atom. The van der Waals surface area contributed by atoms with E-state index >= 15 is 0 Å². The number of amides is 2. The molecule has 2 aliphatic heterocycles. The van der Waals surface area contributed by atoms with E-state index in [1.807, 2.05) is 39.8 Å². The van der Waals surface area contributed by atoms with Crippen molar-refractivity contribution in [1.82, 2.24) is 30.2 Å². The summed E-state index contributed by atoms with van der Waals surface area (Å²) in [5.41, 5.74) is 2.61. The first-order chi connectivity index (χ1) is 18.1. The molecule has 0 aliphatic carbocycles. The van der Waals surface area contributed by atoms with Crippen LogP contribution in [-0.2, 0) is 17.8 Å². The molecule has 0 saturated carbocycles. The summed E-state index contributed by atoms with van der Waals surface area (Å²) in [5, 5.41) is 7.23. The number of thiophene rings is 1. The summed E-state index contributed by atoms with van der Waals surface area (Å²) in [7, 11) is 0. The minimum atomic E-state index is -0.626. The molecule has 11 nitrogen and oxygen atoms in total. The fourth-order valence-electron chi connectivity index (χ4n) is 4.46. The lowest BCUT2D eigenvalue weighted by Crippen LogP contribution is -2.34. The van der Waals surface area contributed by atoms with Crippen LogP contribution in [0.3, 0.4) is 0 Å². The molecule has 196 valence electrons. The average molecular weight is 554 g/mol. The van der Waals surface area contributed by atoms with Gasteiger partial charge >= 0.3 is 6.09 Å². The van der Waals surface area contributed by atoms with Crippen LogP contribution in [0.2, 0.25) is 5.28 Å². The molecule has 0 bridgehead atoms. The highest BCUT2D eigenvalue weighted by molar-refractivity contribution is 7.21. The molecule has 2 aliphatic rings. The van der Waals surface area contributed by atoms with Crippen molar-refractivity contribution in [3.05, 3.63) is 39.7 Å². The largest absolute Gasteiger partial charge is 0.444 e. The summed E-state index contributed by atoms with van der Waals surface area (Å²) in [5.74, 6) is 0.317. The molecule has 0 radical (unpaired) electrons. The van der Waals surface area contributed by atoms with E-state index in [-0.39, 0.29) is 42.1 Å². The van der Waals surface area contributed by atoms with Gasteiger partial charge < -0.3 is 20.1 Å². The first-order valence-electron chi connectivity index (χ1n) is 12.0. The van der Waals surface area contributed by atoms with Gasteiger partial charge in [0.05, 0.1) is 47.3 Å². The van der Waals surface area contributed by atoms with Crippen LogP contribution in [0.4, 0.5) is 10.5 Å². The van der Waals surface area contributed by atoms with Crippen LogP contribution >= 0.6 is 22.9 Å². The second-order valence-electron chi connectivity index (χ2n) is 10.2. The fourth-order valence-corrected chi connectivity index (χ4v) is 5.72. The van der Waals surface area contributed by atoms with Gasteiger partial charge in [-0.15, -0.1) is 11.3 Å². The third kappa shape index (κ3) is 4.43. The molecule has 13 heteroatoms. The Morgan fingerprint density at radius 2 is 2.03 bits per heavy atom. The first-order valence-corrected chi connectivity index (χ1v) is 13.2. The number of carbonyl (C=O) groups is 2. The maximum atomic E-state index is 12.7. The predicted molar refractivity (Wildman–Crippen MR) is 143 cm³/mol. The van der Waals surface area contributed by atoms with Crippen molar-refractivity contribution in [3.8, 4) is 11.8 Å². The van der Waals surface area contributed by atoms with Gasteiger partial charge in [-0.25, -0.2) is 19.7 Å². The van der Waals surface area contributed by atoms with Crippen molar-refractivity contribution in [2.75, 3.05) is 11.9 Å². The number of halogens is 1. The Morgan fingerprint density at radius 1 is 1.21 bits per heavy atom. The number of rotatable bonds is 2. The second-order valence-corrected chi connectivity index (χ2v) is 11.6. The van der Waals surface area contributed by atoms with Gasteiger partial charge in [0.25, 0.3) is 5.91 Å². The summed E-state index contributed by atoms with van der Waals surface area (Å²) in [6.45, 7) is 8.43. The lowest BCUT2D eigenvalue weighted by atomic mass is 10.1. The van der Waals surface area contributed by atoms with Crippen LogP contribution in [0.25, 0.3) is 21.1 Å². The third-order valence-electron chi connectivity index (χ3n) is 6.08. The minimum absolute atomic E-state index is 0.000193. The summed E-state index contributed by atoms with van der Waals surface area (Å²) in [6.07, 6.45) is 1.05. The number of hydrogen-bond acceptors (Lipinski definition) is 10.